The molecule has 0 saturated carbocycles. The Bertz CT molecular complexity index is 1130. The van der Waals surface area contributed by atoms with Crippen LogP contribution in [0.3, 0.4) is 0 Å². The minimum Gasteiger partial charge on any atom is -0.507 e. The van der Waals surface area contributed by atoms with Crippen molar-refractivity contribution in [2.45, 2.75) is 6.04 Å². The van der Waals surface area contributed by atoms with Gasteiger partial charge in [-0.1, -0.05) is 35.9 Å². The van der Waals surface area contributed by atoms with E-state index >= 15 is 0 Å². The number of amides is 1. The third-order valence-electron chi connectivity index (χ3n) is 4.66. The van der Waals surface area contributed by atoms with Crippen LogP contribution in [0.4, 0.5) is 10.2 Å². The summed E-state index contributed by atoms with van der Waals surface area (Å²) in [6, 6.07) is 15.6. The number of carbonyl (C=O) groups is 2. The lowest BCUT2D eigenvalue weighted by Crippen LogP contribution is -2.30. The van der Waals surface area contributed by atoms with Crippen LogP contribution in [0, 0.1) is 5.82 Å². The number of hydrogen-bond acceptors (Lipinski definition) is 4. The molecule has 3 aromatic rings. The summed E-state index contributed by atoms with van der Waals surface area (Å²) in [5, 5.41) is 11.3. The molecule has 0 radical (unpaired) electrons. The van der Waals surface area contributed by atoms with Crippen molar-refractivity contribution in [3.05, 3.63) is 100 Å². The van der Waals surface area contributed by atoms with Gasteiger partial charge in [0.05, 0.1) is 11.6 Å². The van der Waals surface area contributed by atoms with Crippen molar-refractivity contribution >= 4 is 34.9 Å². The molecule has 2 heterocycles. The van der Waals surface area contributed by atoms with Gasteiger partial charge in [-0.25, -0.2) is 9.37 Å². The average molecular weight is 409 g/mol. The molecule has 144 valence electrons. The maximum absolute atomic E-state index is 14.7. The lowest BCUT2D eigenvalue weighted by molar-refractivity contribution is -0.132. The van der Waals surface area contributed by atoms with Crippen LogP contribution in [0.2, 0.25) is 5.02 Å². The Hall–Kier alpha value is -3.51. The largest absolute Gasteiger partial charge is 0.507 e. The van der Waals surface area contributed by atoms with Crippen molar-refractivity contribution in [3.63, 3.8) is 0 Å². The molecule has 5 nitrogen and oxygen atoms in total. The molecule has 0 aliphatic carbocycles. The van der Waals surface area contributed by atoms with E-state index in [1.54, 1.807) is 36.4 Å². The number of Topliss-reactive ketones (excluding diaryl/α,β-unsaturated/α-hetero) is 1. The Morgan fingerprint density at radius 1 is 1.00 bits per heavy atom. The molecule has 1 fully saturated rings. The van der Waals surface area contributed by atoms with E-state index in [0.29, 0.717) is 5.02 Å². The molecule has 7 heteroatoms. The Labute approximate surface area is 170 Å². The standard InChI is InChI=1S/C22H14ClFN2O3/c23-14-10-8-13(9-11-14)20(27)18-19(15-5-1-2-6-16(15)24)26(22(29)21(18)28)17-7-3-4-12-25-17/h1-12,19,27H/b20-18+/t19-/m1/s1. The maximum atomic E-state index is 14.7. The first-order valence-electron chi connectivity index (χ1n) is 8.71. The quantitative estimate of drug-likeness (QED) is 0.393. The van der Waals surface area contributed by atoms with Gasteiger partial charge in [0, 0.05) is 22.3 Å². The Morgan fingerprint density at radius 2 is 1.69 bits per heavy atom. The molecule has 1 aliphatic heterocycles. The van der Waals surface area contributed by atoms with Crippen LogP contribution in [-0.4, -0.2) is 21.8 Å². The summed E-state index contributed by atoms with van der Waals surface area (Å²) in [5.41, 5.74) is 0.149. The fourth-order valence-corrected chi connectivity index (χ4v) is 3.45. The van der Waals surface area contributed by atoms with E-state index in [4.69, 9.17) is 11.6 Å². The lowest BCUT2D eigenvalue weighted by Gasteiger charge is -2.24. The van der Waals surface area contributed by atoms with Gasteiger partial charge >= 0.3 is 5.91 Å². The summed E-state index contributed by atoms with van der Waals surface area (Å²) in [6.45, 7) is 0. The number of hydrogen-bond donors (Lipinski definition) is 1. The molecule has 0 spiro atoms. The van der Waals surface area contributed by atoms with Gasteiger partial charge in [0.25, 0.3) is 5.78 Å². The zero-order valence-electron chi connectivity index (χ0n) is 14.9. The summed E-state index contributed by atoms with van der Waals surface area (Å²) in [4.78, 5) is 31.0. The molecule has 1 atom stereocenters. The number of halogens is 2. The predicted octanol–water partition coefficient (Wildman–Crippen LogP) is 4.50. The number of aliphatic hydroxyl groups is 1. The third-order valence-corrected chi connectivity index (χ3v) is 4.91. The zero-order valence-corrected chi connectivity index (χ0v) is 15.7. The molecule has 2 aromatic carbocycles. The SMILES string of the molecule is O=C1C(=O)N(c2ccccn2)[C@H](c2ccccc2F)/C1=C(\O)c1ccc(Cl)cc1. The molecule has 0 bridgehead atoms. The summed E-state index contributed by atoms with van der Waals surface area (Å²) >= 11 is 5.89. The molecule has 1 N–H and O–H groups in total. The highest BCUT2D eigenvalue weighted by Crippen LogP contribution is 2.42. The topological polar surface area (TPSA) is 70.5 Å². The van der Waals surface area contributed by atoms with E-state index in [0.717, 1.165) is 4.90 Å². The van der Waals surface area contributed by atoms with Gasteiger partial charge in [0.2, 0.25) is 0 Å². The first-order chi connectivity index (χ1) is 14.0. The molecule has 1 aromatic heterocycles. The van der Waals surface area contributed by atoms with Crippen molar-refractivity contribution in [1.29, 1.82) is 0 Å². The average Bonchev–Trinajstić information content (AvgIpc) is 3.00. The highest BCUT2D eigenvalue weighted by atomic mass is 35.5. The van der Waals surface area contributed by atoms with Crippen molar-refractivity contribution in [1.82, 2.24) is 4.98 Å². The number of ketones is 1. The van der Waals surface area contributed by atoms with Crippen LogP contribution < -0.4 is 4.90 Å². The number of benzene rings is 2. The van der Waals surface area contributed by atoms with E-state index < -0.39 is 29.3 Å². The van der Waals surface area contributed by atoms with Crippen LogP contribution in [0.15, 0.2) is 78.5 Å². The van der Waals surface area contributed by atoms with Crippen LogP contribution in [-0.2, 0) is 9.59 Å². The van der Waals surface area contributed by atoms with Gasteiger partial charge in [0.1, 0.15) is 17.4 Å². The number of pyridine rings is 1. The van der Waals surface area contributed by atoms with Crippen LogP contribution >= 0.6 is 11.6 Å². The van der Waals surface area contributed by atoms with Crippen molar-refractivity contribution < 1.29 is 19.1 Å². The Morgan fingerprint density at radius 3 is 2.34 bits per heavy atom. The molecule has 0 unspecified atom stereocenters. The highest BCUT2D eigenvalue weighted by molar-refractivity contribution is 6.51. The molecular formula is C22H14ClFN2O3. The predicted molar refractivity (Wildman–Crippen MR) is 107 cm³/mol. The molecule has 1 amide bonds. The minimum absolute atomic E-state index is 0.0767. The van der Waals surface area contributed by atoms with E-state index in [1.165, 1.54) is 36.5 Å². The van der Waals surface area contributed by atoms with E-state index in [1.807, 2.05) is 0 Å². The molecule has 29 heavy (non-hydrogen) atoms. The second-order valence-electron chi connectivity index (χ2n) is 6.39. The smallest absolute Gasteiger partial charge is 0.301 e. The van der Waals surface area contributed by atoms with Crippen molar-refractivity contribution in [2.24, 2.45) is 0 Å². The highest BCUT2D eigenvalue weighted by Gasteiger charge is 2.48. The van der Waals surface area contributed by atoms with Crippen molar-refractivity contribution in [2.75, 3.05) is 4.90 Å². The Balaban J connectivity index is 1.97. The fraction of sp³-hybridized carbons (Fsp3) is 0.0455. The van der Waals surface area contributed by atoms with Gasteiger partial charge in [-0.15, -0.1) is 0 Å². The van der Waals surface area contributed by atoms with E-state index in [9.17, 15) is 19.1 Å². The number of carbonyl (C=O) groups excluding carboxylic acids is 2. The normalized spacial score (nSPS) is 18.3. The molecular weight excluding hydrogens is 395 g/mol. The molecule has 1 aliphatic rings. The van der Waals surface area contributed by atoms with Gasteiger partial charge in [-0.2, -0.15) is 0 Å². The number of anilines is 1. The van der Waals surface area contributed by atoms with E-state index in [2.05, 4.69) is 4.98 Å². The second kappa shape index (κ2) is 7.48. The number of rotatable bonds is 3. The first kappa shape index (κ1) is 18.8. The van der Waals surface area contributed by atoms with Crippen LogP contribution in [0.5, 0.6) is 0 Å². The lowest BCUT2D eigenvalue weighted by atomic mass is 9.95. The maximum Gasteiger partial charge on any atom is 0.301 e. The number of aromatic nitrogens is 1. The first-order valence-corrected chi connectivity index (χ1v) is 9.09. The number of aliphatic hydroxyl groups excluding tert-OH is 1. The van der Waals surface area contributed by atoms with Crippen LogP contribution in [0.1, 0.15) is 17.2 Å². The van der Waals surface area contributed by atoms with Gasteiger partial charge in [-0.05, 0) is 42.5 Å². The monoisotopic (exact) mass is 408 g/mol. The molecule has 1 saturated heterocycles. The zero-order chi connectivity index (χ0) is 20.5. The Kier molecular flexibility index (Phi) is 4.86. The third kappa shape index (κ3) is 3.28. The van der Waals surface area contributed by atoms with Gasteiger partial charge in [-0.3, -0.25) is 14.5 Å². The van der Waals surface area contributed by atoms with E-state index in [-0.39, 0.29) is 22.5 Å². The minimum atomic E-state index is -1.17. The summed E-state index contributed by atoms with van der Waals surface area (Å²) in [7, 11) is 0. The van der Waals surface area contributed by atoms with Crippen molar-refractivity contribution in [3.8, 4) is 0 Å². The summed E-state index contributed by atoms with van der Waals surface area (Å²) in [5.74, 6) is -2.66. The molecule has 4 rings (SSSR count). The fourth-order valence-electron chi connectivity index (χ4n) is 3.32. The summed E-state index contributed by atoms with van der Waals surface area (Å²) in [6.07, 6.45) is 1.46. The number of nitrogens with zero attached hydrogens (tertiary/aromatic N) is 2. The van der Waals surface area contributed by atoms with Gasteiger partial charge in [0.15, 0.2) is 0 Å². The van der Waals surface area contributed by atoms with Gasteiger partial charge < -0.3 is 5.11 Å². The van der Waals surface area contributed by atoms with Crippen LogP contribution in [0.25, 0.3) is 5.76 Å². The second-order valence-corrected chi connectivity index (χ2v) is 6.82. The summed E-state index contributed by atoms with van der Waals surface area (Å²) < 4.78 is 14.7.